The molecule has 0 bridgehead atoms. The van der Waals surface area contributed by atoms with Gasteiger partial charge in [0.25, 0.3) is 0 Å². The van der Waals surface area contributed by atoms with Gasteiger partial charge in [-0.25, -0.2) is 9.36 Å². The first kappa shape index (κ1) is 15.7. The molecule has 0 amide bonds. The predicted octanol–water partition coefficient (Wildman–Crippen LogP) is 3.64. The Bertz CT molecular complexity index is 362. The molecule has 6 nitrogen and oxygen atoms in total. The van der Waals surface area contributed by atoms with Crippen molar-refractivity contribution in [2.45, 2.75) is 0 Å². The van der Waals surface area contributed by atoms with Gasteiger partial charge in [0.05, 0.1) is 17.9 Å². The minimum absolute atomic E-state index is 1.38. The first-order valence-corrected chi connectivity index (χ1v) is 7.11. The van der Waals surface area contributed by atoms with Crippen molar-refractivity contribution in [1.82, 2.24) is 19.5 Å². The molecule has 4 aromatic rings. The maximum Gasteiger partial charge on any atom is 0.180 e. The SMILES string of the molecule is c1cnoc1.c1cnsc1.c1cocn1.c1cscn1. The van der Waals surface area contributed by atoms with Crippen molar-refractivity contribution in [2.75, 3.05) is 0 Å². The lowest BCUT2D eigenvalue weighted by Gasteiger charge is -1.48. The summed E-state index contributed by atoms with van der Waals surface area (Å²) >= 11 is 3.06. The van der Waals surface area contributed by atoms with Crippen LogP contribution in [0.15, 0.2) is 81.1 Å². The molecule has 0 aliphatic carbocycles. The van der Waals surface area contributed by atoms with Crippen molar-refractivity contribution in [3.8, 4) is 0 Å². The normalized spacial score (nSPS) is 8.00. The van der Waals surface area contributed by atoms with Gasteiger partial charge in [-0.2, -0.15) is 0 Å². The van der Waals surface area contributed by atoms with Crippen LogP contribution in [0.4, 0.5) is 0 Å². The third-order valence-corrected chi connectivity index (χ3v) is 2.43. The van der Waals surface area contributed by atoms with Gasteiger partial charge in [0, 0.05) is 23.2 Å². The van der Waals surface area contributed by atoms with Gasteiger partial charge in [-0.15, -0.1) is 11.3 Å². The van der Waals surface area contributed by atoms with Crippen LogP contribution in [0.25, 0.3) is 0 Å². The Balaban J connectivity index is 0.000000133. The molecule has 0 aliphatic rings. The van der Waals surface area contributed by atoms with Gasteiger partial charge >= 0.3 is 0 Å². The summed E-state index contributed by atoms with van der Waals surface area (Å²) in [5, 5.41) is 7.21. The average molecular weight is 308 g/mol. The van der Waals surface area contributed by atoms with Crippen LogP contribution in [0.3, 0.4) is 0 Å². The number of oxazole rings is 1. The molecule has 0 radical (unpaired) electrons. The average Bonchev–Trinajstić information content (AvgIpc) is 3.40. The second kappa shape index (κ2) is 13.1. The topological polar surface area (TPSA) is 77.8 Å². The third kappa shape index (κ3) is 10.8. The van der Waals surface area contributed by atoms with Crippen molar-refractivity contribution in [3.63, 3.8) is 0 Å². The summed E-state index contributed by atoms with van der Waals surface area (Å²) in [6.07, 6.45) is 11.1. The van der Waals surface area contributed by atoms with E-state index < -0.39 is 0 Å². The maximum atomic E-state index is 4.47. The lowest BCUT2D eigenvalue weighted by molar-refractivity contribution is 0.420. The summed E-state index contributed by atoms with van der Waals surface area (Å²) in [5.41, 5.74) is 1.79. The number of thiazole rings is 1. The molecule has 0 saturated carbocycles. The van der Waals surface area contributed by atoms with Gasteiger partial charge in [0.15, 0.2) is 6.39 Å². The van der Waals surface area contributed by atoms with Crippen LogP contribution in [-0.4, -0.2) is 19.5 Å². The lowest BCUT2D eigenvalue weighted by atomic mass is 10.8. The van der Waals surface area contributed by atoms with Crippen molar-refractivity contribution < 1.29 is 8.94 Å². The lowest BCUT2D eigenvalue weighted by Crippen LogP contribution is -1.38. The van der Waals surface area contributed by atoms with Gasteiger partial charge in [0.2, 0.25) is 0 Å². The van der Waals surface area contributed by atoms with Crippen LogP contribution in [0.2, 0.25) is 0 Å². The van der Waals surface area contributed by atoms with Gasteiger partial charge in [-0.05, 0) is 23.7 Å². The fourth-order valence-corrected chi connectivity index (χ4v) is 1.41. The largest absolute Gasteiger partial charge is 0.452 e. The van der Waals surface area contributed by atoms with Crippen LogP contribution in [-0.2, 0) is 0 Å². The molecule has 4 heterocycles. The zero-order valence-electron chi connectivity index (χ0n) is 10.4. The Kier molecular flexibility index (Phi) is 10.3. The van der Waals surface area contributed by atoms with E-state index in [1.807, 2.05) is 16.8 Å². The zero-order valence-corrected chi connectivity index (χ0v) is 12.0. The molecule has 0 spiro atoms. The molecule has 0 saturated heterocycles. The van der Waals surface area contributed by atoms with E-state index in [1.54, 1.807) is 47.7 Å². The number of hydrogen-bond donors (Lipinski definition) is 0. The Morgan fingerprint density at radius 1 is 0.850 bits per heavy atom. The van der Waals surface area contributed by atoms with Crippen LogP contribution in [0, 0.1) is 0 Å². The highest BCUT2D eigenvalue weighted by atomic mass is 32.1. The fraction of sp³-hybridized carbons (Fsp3) is 0. The molecule has 0 aromatic carbocycles. The Labute approximate surface area is 123 Å². The van der Waals surface area contributed by atoms with Crippen molar-refractivity contribution in [1.29, 1.82) is 0 Å². The quantitative estimate of drug-likeness (QED) is 0.493. The summed E-state index contributed by atoms with van der Waals surface area (Å²) in [6, 6.07) is 3.63. The third-order valence-electron chi connectivity index (χ3n) is 1.39. The van der Waals surface area contributed by atoms with Gasteiger partial charge in [-0.1, -0.05) is 5.16 Å². The van der Waals surface area contributed by atoms with E-state index in [9.17, 15) is 0 Å². The van der Waals surface area contributed by atoms with E-state index in [2.05, 4.69) is 28.4 Å². The molecule has 4 rings (SSSR count). The molecule has 0 fully saturated rings. The zero-order chi connectivity index (χ0) is 14.1. The highest BCUT2D eigenvalue weighted by Gasteiger charge is 1.61. The van der Waals surface area contributed by atoms with E-state index >= 15 is 0 Å². The highest BCUT2D eigenvalue weighted by molar-refractivity contribution is 7.07. The van der Waals surface area contributed by atoms with Gasteiger partial charge in [-0.3, -0.25) is 4.98 Å². The maximum absolute atomic E-state index is 4.47. The van der Waals surface area contributed by atoms with E-state index in [0.29, 0.717) is 0 Å². The van der Waals surface area contributed by atoms with Crippen molar-refractivity contribution in [3.05, 3.63) is 72.1 Å². The predicted molar refractivity (Wildman–Crippen MR) is 77.2 cm³/mol. The summed E-state index contributed by atoms with van der Waals surface area (Å²) in [6.45, 7) is 0. The van der Waals surface area contributed by atoms with E-state index in [-0.39, 0.29) is 0 Å². The Morgan fingerprint density at radius 2 is 1.85 bits per heavy atom. The molecular weight excluding hydrogens is 296 g/mol. The molecule has 0 atom stereocenters. The number of rotatable bonds is 0. The summed E-state index contributed by atoms with van der Waals surface area (Å²) in [4.78, 5) is 7.30. The van der Waals surface area contributed by atoms with Crippen LogP contribution in [0.1, 0.15) is 0 Å². The molecule has 4 aromatic heterocycles. The minimum atomic E-state index is 1.38. The second-order valence-electron chi connectivity index (χ2n) is 2.73. The van der Waals surface area contributed by atoms with Crippen molar-refractivity contribution >= 4 is 22.9 Å². The second-order valence-corrected chi connectivity index (χ2v) is 4.18. The number of aromatic nitrogens is 4. The summed E-state index contributed by atoms with van der Waals surface area (Å²) in [7, 11) is 0. The molecule has 8 heteroatoms. The number of hydrogen-bond acceptors (Lipinski definition) is 8. The van der Waals surface area contributed by atoms with E-state index in [4.69, 9.17) is 0 Å². The summed E-state index contributed by atoms with van der Waals surface area (Å²) in [5.74, 6) is 0. The number of nitrogens with zero attached hydrogens (tertiary/aromatic N) is 4. The highest BCUT2D eigenvalue weighted by Crippen LogP contribution is 1.86. The first-order valence-electron chi connectivity index (χ1n) is 5.33. The van der Waals surface area contributed by atoms with Gasteiger partial charge < -0.3 is 8.94 Å². The fourth-order valence-electron chi connectivity index (χ4n) is 0.703. The Hall–Kier alpha value is -2.32. The van der Waals surface area contributed by atoms with E-state index in [1.165, 1.54) is 30.5 Å². The van der Waals surface area contributed by atoms with E-state index in [0.717, 1.165) is 0 Å². The molecule has 20 heavy (non-hydrogen) atoms. The van der Waals surface area contributed by atoms with Crippen LogP contribution >= 0.6 is 22.9 Å². The standard InChI is InChI=1S/2C3H3NO.2C3H3NS/c1-2-5-3-4-1;1-2-4-5-3-1;1-2-5-3-4-1;1-2-4-5-3-1/h4*1-3H. The monoisotopic (exact) mass is 308 g/mol. The van der Waals surface area contributed by atoms with Crippen molar-refractivity contribution in [2.24, 2.45) is 0 Å². The van der Waals surface area contributed by atoms with Crippen LogP contribution < -0.4 is 0 Å². The minimum Gasteiger partial charge on any atom is -0.452 e. The first-order chi connectivity index (χ1) is 10.0. The molecular formula is C12H12N4O2S2. The molecule has 0 unspecified atom stereocenters. The molecule has 0 N–H and O–H groups in total. The van der Waals surface area contributed by atoms with Gasteiger partial charge in [0.1, 0.15) is 12.5 Å². The molecule has 104 valence electrons. The molecule has 0 aliphatic heterocycles. The Morgan fingerprint density at radius 3 is 2.05 bits per heavy atom. The van der Waals surface area contributed by atoms with Crippen LogP contribution in [0.5, 0.6) is 0 Å². The summed E-state index contributed by atoms with van der Waals surface area (Å²) < 4.78 is 12.6. The smallest absolute Gasteiger partial charge is 0.180 e.